The van der Waals surface area contributed by atoms with Gasteiger partial charge in [0, 0.05) is 32.3 Å². The molecule has 0 aliphatic heterocycles. The van der Waals surface area contributed by atoms with Crippen molar-refractivity contribution in [3.63, 3.8) is 0 Å². The van der Waals surface area contributed by atoms with Crippen molar-refractivity contribution >= 4 is 17.0 Å². The molecule has 0 radical (unpaired) electrons. The molecule has 0 aliphatic carbocycles. The fourth-order valence-corrected chi connectivity index (χ4v) is 3.04. The van der Waals surface area contributed by atoms with Gasteiger partial charge in [-0.15, -0.1) is 0 Å². The highest BCUT2D eigenvalue weighted by atomic mass is 16.5. The van der Waals surface area contributed by atoms with Crippen molar-refractivity contribution in [1.82, 2.24) is 9.88 Å². The Balaban J connectivity index is 1.76. The fraction of sp³-hybridized carbons (Fsp3) is 0.350. The highest BCUT2D eigenvalue weighted by molar-refractivity contribution is 5.97. The average Bonchev–Trinajstić information content (AvgIpc) is 3.13. The van der Waals surface area contributed by atoms with E-state index in [1.807, 2.05) is 25.1 Å². The maximum Gasteiger partial charge on any atom is 0.268 e. The zero-order chi connectivity index (χ0) is 17.6. The molecule has 0 bridgehead atoms. The van der Waals surface area contributed by atoms with Crippen LogP contribution in [-0.4, -0.2) is 30.7 Å². The van der Waals surface area contributed by atoms with Gasteiger partial charge in [-0.3, -0.25) is 4.79 Å². The van der Waals surface area contributed by atoms with Crippen LogP contribution in [-0.2, 0) is 17.7 Å². The number of aryl methyl sites for hydroxylation is 3. The Bertz CT molecular complexity index is 833. The molecule has 0 spiro atoms. The van der Waals surface area contributed by atoms with Crippen molar-refractivity contribution in [2.75, 3.05) is 20.3 Å². The second-order valence-corrected chi connectivity index (χ2v) is 6.13. The van der Waals surface area contributed by atoms with Gasteiger partial charge in [-0.25, -0.2) is 0 Å². The van der Waals surface area contributed by atoms with Gasteiger partial charge < -0.3 is 19.0 Å². The van der Waals surface area contributed by atoms with E-state index in [0.29, 0.717) is 18.8 Å². The van der Waals surface area contributed by atoms with Crippen LogP contribution in [0.4, 0.5) is 0 Å². The molecule has 1 amide bonds. The number of carbonyl (C=O) groups excluding carboxylic acids is 1. The number of hydrogen-bond donors (Lipinski definition) is 1. The molecule has 0 fully saturated rings. The van der Waals surface area contributed by atoms with Crippen molar-refractivity contribution < 1.29 is 13.9 Å². The second-order valence-electron chi connectivity index (χ2n) is 6.13. The molecule has 25 heavy (non-hydrogen) atoms. The smallest absolute Gasteiger partial charge is 0.268 e. The molecule has 1 aromatic carbocycles. The van der Waals surface area contributed by atoms with Crippen LogP contribution < -0.4 is 5.32 Å². The summed E-state index contributed by atoms with van der Waals surface area (Å²) >= 11 is 0. The summed E-state index contributed by atoms with van der Waals surface area (Å²) < 4.78 is 12.7. The third-order valence-electron chi connectivity index (χ3n) is 4.23. The Labute approximate surface area is 147 Å². The molecule has 2 heterocycles. The van der Waals surface area contributed by atoms with Crippen molar-refractivity contribution in [3.05, 3.63) is 59.5 Å². The van der Waals surface area contributed by atoms with Crippen LogP contribution in [0.25, 0.3) is 11.1 Å². The monoisotopic (exact) mass is 340 g/mol. The van der Waals surface area contributed by atoms with Crippen molar-refractivity contribution in [3.8, 4) is 0 Å². The van der Waals surface area contributed by atoms with E-state index in [4.69, 9.17) is 9.15 Å². The van der Waals surface area contributed by atoms with Gasteiger partial charge in [0.1, 0.15) is 11.5 Å². The summed E-state index contributed by atoms with van der Waals surface area (Å²) in [5.41, 5.74) is 3.68. The maximum absolute atomic E-state index is 12.5. The van der Waals surface area contributed by atoms with E-state index >= 15 is 0 Å². The minimum absolute atomic E-state index is 0.0965. The zero-order valence-electron chi connectivity index (χ0n) is 14.7. The largest absolute Gasteiger partial charge is 0.460 e. The third-order valence-corrected chi connectivity index (χ3v) is 4.23. The van der Waals surface area contributed by atoms with Gasteiger partial charge in [0.05, 0.1) is 12.1 Å². The molecule has 2 aromatic heterocycles. The number of ether oxygens (including phenoxy) is 1. The summed E-state index contributed by atoms with van der Waals surface area (Å²) in [6.07, 6.45) is 1.93. The molecule has 0 aliphatic rings. The number of methoxy groups -OCH3 is 1. The summed E-state index contributed by atoms with van der Waals surface area (Å²) in [7, 11) is 1.62. The normalized spacial score (nSPS) is 11.1. The number of carbonyl (C=O) groups is 1. The van der Waals surface area contributed by atoms with E-state index in [0.717, 1.165) is 36.2 Å². The molecular formula is C20H24N2O3. The number of hydrogen-bond acceptors (Lipinski definition) is 3. The van der Waals surface area contributed by atoms with Gasteiger partial charge in [0.25, 0.3) is 5.91 Å². The summed E-state index contributed by atoms with van der Waals surface area (Å²) in [5.74, 6) is 0.758. The molecule has 3 rings (SSSR count). The summed E-state index contributed by atoms with van der Waals surface area (Å²) in [6.45, 7) is 3.68. The van der Waals surface area contributed by atoms with Gasteiger partial charge in [0.15, 0.2) is 5.58 Å². The number of fused-ring (bicyclic) bond motifs is 1. The topological polar surface area (TPSA) is 56.4 Å². The second kappa shape index (κ2) is 8.03. The van der Waals surface area contributed by atoms with Gasteiger partial charge in [-0.1, -0.05) is 30.3 Å². The number of aromatic nitrogens is 1. The minimum atomic E-state index is -0.0965. The zero-order valence-corrected chi connectivity index (χ0v) is 14.7. The standard InChI is InChI=1S/C20H24N2O3/c1-15-13-17-19(25-15)14-18(20(23)21-10-12-24-2)22(17)11-6-9-16-7-4-3-5-8-16/h3-5,7-8,13-14H,6,9-12H2,1-2H3,(H,21,23). The Hall–Kier alpha value is -2.53. The van der Waals surface area contributed by atoms with E-state index in [-0.39, 0.29) is 5.91 Å². The summed E-state index contributed by atoms with van der Waals surface area (Å²) in [4.78, 5) is 12.5. The van der Waals surface area contributed by atoms with E-state index in [1.165, 1.54) is 5.56 Å². The first-order valence-electron chi connectivity index (χ1n) is 8.60. The molecule has 1 N–H and O–H groups in total. The predicted molar refractivity (Wildman–Crippen MR) is 97.9 cm³/mol. The summed E-state index contributed by atoms with van der Waals surface area (Å²) in [6, 6.07) is 14.2. The van der Waals surface area contributed by atoms with Gasteiger partial charge in [0.2, 0.25) is 0 Å². The van der Waals surface area contributed by atoms with E-state index in [2.05, 4.69) is 34.1 Å². The fourth-order valence-electron chi connectivity index (χ4n) is 3.04. The van der Waals surface area contributed by atoms with Crippen LogP contribution in [0.1, 0.15) is 28.2 Å². The number of amides is 1. The van der Waals surface area contributed by atoms with E-state index < -0.39 is 0 Å². The quantitative estimate of drug-likeness (QED) is 0.638. The average molecular weight is 340 g/mol. The number of benzene rings is 1. The van der Waals surface area contributed by atoms with Crippen LogP contribution >= 0.6 is 0 Å². The van der Waals surface area contributed by atoms with Crippen molar-refractivity contribution in [2.45, 2.75) is 26.3 Å². The van der Waals surface area contributed by atoms with Gasteiger partial charge >= 0.3 is 0 Å². The first kappa shape index (κ1) is 17.3. The molecule has 3 aromatic rings. The Morgan fingerprint density at radius 2 is 2.04 bits per heavy atom. The Morgan fingerprint density at radius 1 is 1.24 bits per heavy atom. The molecule has 0 saturated carbocycles. The highest BCUT2D eigenvalue weighted by Gasteiger charge is 2.18. The number of nitrogens with zero attached hydrogens (tertiary/aromatic N) is 1. The maximum atomic E-state index is 12.5. The first-order valence-corrected chi connectivity index (χ1v) is 8.60. The van der Waals surface area contributed by atoms with Gasteiger partial charge in [-0.05, 0) is 25.3 Å². The minimum Gasteiger partial charge on any atom is -0.460 e. The predicted octanol–water partition coefficient (Wildman–Crippen LogP) is 3.55. The lowest BCUT2D eigenvalue weighted by molar-refractivity contribution is 0.0928. The van der Waals surface area contributed by atoms with Gasteiger partial charge in [-0.2, -0.15) is 0 Å². The van der Waals surface area contributed by atoms with Crippen molar-refractivity contribution in [1.29, 1.82) is 0 Å². The van der Waals surface area contributed by atoms with Crippen molar-refractivity contribution in [2.24, 2.45) is 0 Å². The Morgan fingerprint density at radius 3 is 2.80 bits per heavy atom. The van der Waals surface area contributed by atoms with Crippen LogP contribution in [0.15, 0.2) is 46.9 Å². The molecule has 5 nitrogen and oxygen atoms in total. The van der Waals surface area contributed by atoms with Crippen LogP contribution in [0.5, 0.6) is 0 Å². The number of furan rings is 1. The molecule has 5 heteroatoms. The van der Waals surface area contributed by atoms with E-state index in [1.54, 1.807) is 7.11 Å². The molecular weight excluding hydrogens is 316 g/mol. The SMILES string of the molecule is COCCNC(=O)c1cc2oc(C)cc2n1CCCc1ccccc1. The van der Waals surface area contributed by atoms with Crippen LogP contribution in [0.3, 0.4) is 0 Å². The summed E-state index contributed by atoms with van der Waals surface area (Å²) in [5, 5.41) is 2.89. The van der Waals surface area contributed by atoms with Crippen LogP contribution in [0.2, 0.25) is 0 Å². The third kappa shape index (κ3) is 4.12. The molecule has 0 unspecified atom stereocenters. The Kier molecular flexibility index (Phi) is 5.56. The van der Waals surface area contributed by atoms with Crippen LogP contribution in [0, 0.1) is 6.92 Å². The number of rotatable bonds is 8. The lowest BCUT2D eigenvalue weighted by Crippen LogP contribution is -2.29. The molecule has 0 saturated heterocycles. The van der Waals surface area contributed by atoms with E-state index in [9.17, 15) is 4.79 Å². The lowest BCUT2D eigenvalue weighted by Gasteiger charge is -2.10. The first-order chi connectivity index (χ1) is 12.2. The molecule has 132 valence electrons. The highest BCUT2D eigenvalue weighted by Crippen LogP contribution is 2.24. The lowest BCUT2D eigenvalue weighted by atomic mass is 10.1. The molecule has 0 atom stereocenters. The number of nitrogens with one attached hydrogen (secondary N) is 1.